The van der Waals surface area contributed by atoms with Crippen molar-refractivity contribution >= 4 is 0 Å². The van der Waals surface area contributed by atoms with Gasteiger partial charge in [0.2, 0.25) is 6.43 Å². The highest BCUT2D eigenvalue weighted by atomic mass is 19.3. The van der Waals surface area contributed by atoms with Gasteiger partial charge in [-0.25, -0.2) is 8.78 Å². The topological polar surface area (TPSA) is 20.2 Å². The van der Waals surface area contributed by atoms with Gasteiger partial charge in [-0.3, -0.25) is 0 Å². The Morgan fingerprint density at radius 3 is 2.30 bits per heavy atom. The predicted molar refractivity (Wildman–Crippen MR) is 133 cm³/mol. The van der Waals surface area contributed by atoms with Gasteiger partial charge < -0.3 is 5.11 Å². The van der Waals surface area contributed by atoms with E-state index in [9.17, 15) is 5.11 Å². The summed E-state index contributed by atoms with van der Waals surface area (Å²) in [6, 6.07) is 0. The van der Waals surface area contributed by atoms with Gasteiger partial charge in [-0.15, -0.1) is 0 Å². The van der Waals surface area contributed by atoms with Crippen molar-refractivity contribution in [3.63, 3.8) is 0 Å². The molecule has 4 rings (SSSR count). The summed E-state index contributed by atoms with van der Waals surface area (Å²) < 4.78 is 30.7. The van der Waals surface area contributed by atoms with Crippen molar-refractivity contribution in [2.24, 2.45) is 51.2 Å². The molecule has 4 aliphatic rings. The molecule has 0 aromatic carbocycles. The second kappa shape index (κ2) is 8.59. The maximum absolute atomic E-state index is 15.4. The maximum Gasteiger partial charge on any atom is 0.248 e. The number of halogens is 2. The molecule has 0 heterocycles. The van der Waals surface area contributed by atoms with Gasteiger partial charge in [-0.05, 0) is 90.8 Å². The van der Waals surface area contributed by atoms with E-state index >= 15 is 8.78 Å². The van der Waals surface area contributed by atoms with Crippen LogP contribution < -0.4 is 0 Å². The van der Waals surface area contributed by atoms with Crippen molar-refractivity contribution in [1.82, 2.24) is 0 Å². The molecule has 3 fully saturated rings. The largest absolute Gasteiger partial charge is 0.393 e. The van der Waals surface area contributed by atoms with E-state index in [1.165, 1.54) is 19.3 Å². The van der Waals surface area contributed by atoms with Crippen LogP contribution in [0.4, 0.5) is 8.78 Å². The number of aliphatic hydroxyl groups is 1. The standard InChI is InChI=1S/C30H50F2O/c1-19(2)9-8-10-20(3)21-14-18-30(26(31)32)23-11-12-24-27(4,5)25(33)15-16-28(24,6)22(23)13-17-29(21,30)7/h11,19-22,24-26,33H,8-10,12-18H2,1-7H3/t20-,21-,22+,24+,25+,28-,29-,30+/m1/s1. The molecule has 0 amide bonds. The zero-order chi connectivity index (χ0) is 24.4. The highest BCUT2D eigenvalue weighted by Gasteiger charge is 2.69. The molecule has 0 bridgehead atoms. The summed E-state index contributed by atoms with van der Waals surface area (Å²) in [5, 5.41) is 10.8. The van der Waals surface area contributed by atoms with Gasteiger partial charge in [0.1, 0.15) is 0 Å². The molecule has 190 valence electrons. The van der Waals surface area contributed by atoms with Crippen LogP contribution in [0.25, 0.3) is 0 Å². The third-order valence-electron chi connectivity index (χ3n) is 11.9. The second-order valence-corrected chi connectivity index (χ2v) is 14.1. The molecule has 0 spiro atoms. The van der Waals surface area contributed by atoms with E-state index in [1.54, 1.807) is 0 Å². The van der Waals surface area contributed by atoms with Gasteiger partial charge >= 0.3 is 0 Å². The van der Waals surface area contributed by atoms with Gasteiger partial charge in [-0.2, -0.15) is 0 Å². The van der Waals surface area contributed by atoms with E-state index in [0.717, 1.165) is 44.1 Å². The van der Waals surface area contributed by atoms with Crippen LogP contribution in [-0.2, 0) is 0 Å². The zero-order valence-electron chi connectivity index (χ0n) is 22.4. The van der Waals surface area contributed by atoms with Crippen LogP contribution in [0.3, 0.4) is 0 Å². The Morgan fingerprint density at radius 1 is 0.970 bits per heavy atom. The fraction of sp³-hybridized carbons (Fsp3) is 0.933. The fourth-order valence-electron chi connectivity index (χ4n) is 9.88. The first-order valence-electron chi connectivity index (χ1n) is 14.0. The van der Waals surface area contributed by atoms with Crippen LogP contribution in [0.15, 0.2) is 11.6 Å². The molecule has 33 heavy (non-hydrogen) atoms. The first-order valence-corrected chi connectivity index (χ1v) is 14.0. The van der Waals surface area contributed by atoms with Crippen molar-refractivity contribution in [1.29, 1.82) is 0 Å². The van der Waals surface area contributed by atoms with Crippen LogP contribution in [0, 0.1) is 51.2 Å². The van der Waals surface area contributed by atoms with E-state index in [1.807, 2.05) is 0 Å². The molecular weight excluding hydrogens is 414 g/mol. The van der Waals surface area contributed by atoms with Crippen LogP contribution in [0.5, 0.6) is 0 Å². The van der Waals surface area contributed by atoms with Crippen LogP contribution in [0.2, 0.25) is 0 Å². The molecule has 0 saturated heterocycles. The highest BCUT2D eigenvalue weighted by Crippen LogP contribution is 2.74. The Morgan fingerprint density at radius 2 is 1.67 bits per heavy atom. The molecule has 1 N–H and O–H groups in total. The summed E-state index contributed by atoms with van der Waals surface area (Å²) in [5.74, 6) is 2.25. The summed E-state index contributed by atoms with van der Waals surface area (Å²) >= 11 is 0. The van der Waals surface area contributed by atoms with Crippen molar-refractivity contribution in [3.8, 4) is 0 Å². The number of aliphatic hydroxyl groups excluding tert-OH is 1. The Labute approximate surface area is 202 Å². The molecular formula is C30H50F2O. The van der Waals surface area contributed by atoms with Crippen molar-refractivity contribution in [2.75, 3.05) is 0 Å². The lowest BCUT2D eigenvalue weighted by atomic mass is 9.40. The number of hydrogen-bond donors (Lipinski definition) is 1. The van der Waals surface area contributed by atoms with Crippen LogP contribution in [-0.4, -0.2) is 17.6 Å². The van der Waals surface area contributed by atoms with Gasteiger partial charge in [0.05, 0.1) is 11.5 Å². The fourth-order valence-corrected chi connectivity index (χ4v) is 9.88. The van der Waals surface area contributed by atoms with Crippen molar-refractivity contribution in [3.05, 3.63) is 11.6 Å². The maximum atomic E-state index is 15.4. The molecule has 1 nitrogen and oxygen atoms in total. The van der Waals surface area contributed by atoms with Gasteiger partial charge in [0, 0.05) is 0 Å². The van der Waals surface area contributed by atoms with Gasteiger partial charge in [0.15, 0.2) is 0 Å². The summed E-state index contributed by atoms with van der Waals surface area (Å²) in [4.78, 5) is 0. The molecule has 4 aliphatic carbocycles. The SMILES string of the molecule is CC(C)CCC[C@@H](C)[C@H]1CC[C@@]2(C(F)F)C3=CC[C@H]4C(C)(C)[C@@H](O)CC[C@]4(C)[C@H]3CC[C@]12C. The normalized spacial score (nSPS) is 45.4. The summed E-state index contributed by atoms with van der Waals surface area (Å²) in [5.41, 5.74) is -0.239. The third-order valence-corrected chi connectivity index (χ3v) is 11.9. The van der Waals surface area contributed by atoms with Crippen molar-refractivity contribution in [2.45, 2.75) is 125 Å². The molecule has 0 radical (unpaired) electrons. The third kappa shape index (κ3) is 3.60. The average molecular weight is 465 g/mol. The molecule has 0 aliphatic heterocycles. The summed E-state index contributed by atoms with van der Waals surface area (Å²) in [7, 11) is 0. The van der Waals surface area contributed by atoms with E-state index in [-0.39, 0.29) is 28.3 Å². The van der Waals surface area contributed by atoms with Crippen LogP contribution in [0.1, 0.15) is 113 Å². The predicted octanol–water partition coefficient (Wildman–Crippen LogP) is 8.66. The van der Waals surface area contributed by atoms with E-state index in [0.29, 0.717) is 30.1 Å². The summed E-state index contributed by atoms with van der Waals surface area (Å²) in [6.07, 6.45) is 9.55. The molecule has 3 heteroatoms. The number of allylic oxidation sites excluding steroid dienone is 2. The first kappa shape index (κ1) is 25.6. The first-order chi connectivity index (χ1) is 15.3. The highest BCUT2D eigenvalue weighted by molar-refractivity contribution is 5.35. The lowest BCUT2D eigenvalue weighted by Gasteiger charge is -2.64. The number of hydrogen-bond acceptors (Lipinski definition) is 1. The molecule has 0 aromatic heterocycles. The minimum atomic E-state index is -2.29. The molecule has 0 unspecified atom stereocenters. The Kier molecular flexibility index (Phi) is 6.68. The van der Waals surface area contributed by atoms with E-state index < -0.39 is 11.8 Å². The number of alkyl halides is 2. The monoisotopic (exact) mass is 464 g/mol. The molecule has 3 saturated carbocycles. The smallest absolute Gasteiger partial charge is 0.248 e. The minimum absolute atomic E-state index is 0.0248. The zero-order valence-corrected chi connectivity index (χ0v) is 22.4. The Hall–Kier alpha value is -0.440. The Bertz CT molecular complexity index is 756. The summed E-state index contributed by atoms with van der Waals surface area (Å²) in [6.45, 7) is 15.9. The number of rotatable bonds is 6. The van der Waals surface area contributed by atoms with Gasteiger partial charge in [0.25, 0.3) is 0 Å². The van der Waals surface area contributed by atoms with Crippen molar-refractivity contribution < 1.29 is 13.9 Å². The Balaban J connectivity index is 1.68. The minimum Gasteiger partial charge on any atom is -0.393 e. The lowest BCUT2D eigenvalue weighted by Crippen LogP contribution is -2.60. The van der Waals surface area contributed by atoms with E-state index in [4.69, 9.17) is 0 Å². The molecule has 0 aromatic rings. The van der Waals surface area contributed by atoms with E-state index in [2.05, 4.69) is 54.5 Å². The quantitative estimate of drug-likeness (QED) is 0.390. The van der Waals surface area contributed by atoms with Crippen LogP contribution >= 0.6 is 0 Å². The average Bonchev–Trinajstić information content (AvgIpc) is 3.05. The molecule has 8 atom stereocenters. The number of fused-ring (bicyclic) bond motifs is 5. The lowest BCUT2D eigenvalue weighted by molar-refractivity contribution is -0.152. The second-order valence-electron chi connectivity index (χ2n) is 14.1. The van der Waals surface area contributed by atoms with Gasteiger partial charge in [-0.1, -0.05) is 79.4 Å².